The van der Waals surface area contributed by atoms with Crippen LogP contribution in [0.2, 0.25) is 5.02 Å². The van der Waals surface area contributed by atoms with Gasteiger partial charge in [-0.3, -0.25) is 4.79 Å². The van der Waals surface area contributed by atoms with Gasteiger partial charge in [-0.1, -0.05) is 28.9 Å². The average molecular weight is 255 g/mol. The SMILES string of the molecule is CC(C)NC(=O)CO/N=C\c1ccc(Cl)cc1. The van der Waals surface area contributed by atoms with Crippen molar-refractivity contribution in [3.05, 3.63) is 34.9 Å². The largest absolute Gasteiger partial charge is 0.386 e. The first-order valence-electron chi connectivity index (χ1n) is 5.28. The zero-order valence-corrected chi connectivity index (χ0v) is 10.6. The van der Waals surface area contributed by atoms with Crippen LogP contribution in [-0.2, 0) is 9.63 Å². The molecular formula is C12H15ClN2O2. The summed E-state index contributed by atoms with van der Waals surface area (Å²) in [7, 11) is 0. The first kappa shape index (κ1) is 13.5. The van der Waals surface area contributed by atoms with Crippen LogP contribution in [0.5, 0.6) is 0 Å². The third-order valence-electron chi connectivity index (χ3n) is 1.79. The van der Waals surface area contributed by atoms with Crippen LogP contribution in [0.3, 0.4) is 0 Å². The van der Waals surface area contributed by atoms with E-state index in [4.69, 9.17) is 16.4 Å². The van der Waals surface area contributed by atoms with E-state index in [0.29, 0.717) is 5.02 Å². The van der Waals surface area contributed by atoms with Crippen molar-refractivity contribution in [2.45, 2.75) is 19.9 Å². The molecule has 0 heterocycles. The first-order chi connectivity index (χ1) is 8.08. The topological polar surface area (TPSA) is 50.7 Å². The lowest BCUT2D eigenvalue weighted by Gasteiger charge is -2.06. The van der Waals surface area contributed by atoms with Crippen LogP contribution in [0.4, 0.5) is 0 Å². The van der Waals surface area contributed by atoms with Crippen molar-refractivity contribution in [1.82, 2.24) is 5.32 Å². The summed E-state index contributed by atoms with van der Waals surface area (Å²) in [6, 6.07) is 7.24. The second-order valence-corrected chi connectivity index (χ2v) is 4.22. The van der Waals surface area contributed by atoms with Crippen molar-refractivity contribution in [2.24, 2.45) is 5.16 Å². The van der Waals surface area contributed by atoms with Gasteiger partial charge in [-0.05, 0) is 31.5 Å². The van der Waals surface area contributed by atoms with E-state index in [9.17, 15) is 4.79 Å². The molecule has 92 valence electrons. The number of carbonyl (C=O) groups excluding carboxylic acids is 1. The van der Waals surface area contributed by atoms with Crippen molar-refractivity contribution in [3.63, 3.8) is 0 Å². The molecule has 1 aromatic rings. The van der Waals surface area contributed by atoms with Crippen LogP contribution < -0.4 is 5.32 Å². The third-order valence-corrected chi connectivity index (χ3v) is 2.04. The molecule has 0 saturated heterocycles. The number of benzene rings is 1. The quantitative estimate of drug-likeness (QED) is 0.647. The van der Waals surface area contributed by atoms with Crippen molar-refractivity contribution in [1.29, 1.82) is 0 Å². The minimum absolute atomic E-state index is 0.0811. The van der Waals surface area contributed by atoms with E-state index < -0.39 is 0 Å². The fraction of sp³-hybridized carbons (Fsp3) is 0.333. The van der Waals surface area contributed by atoms with Crippen molar-refractivity contribution < 1.29 is 9.63 Å². The Morgan fingerprint density at radius 1 is 1.47 bits per heavy atom. The van der Waals surface area contributed by atoms with E-state index in [1.807, 2.05) is 26.0 Å². The van der Waals surface area contributed by atoms with Gasteiger partial charge in [0.15, 0.2) is 6.61 Å². The minimum atomic E-state index is -0.187. The molecule has 1 rings (SSSR count). The maximum atomic E-state index is 11.2. The molecular weight excluding hydrogens is 240 g/mol. The standard InChI is InChI=1S/C12H15ClN2O2/c1-9(2)15-12(16)8-17-14-7-10-3-5-11(13)6-4-10/h3-7,9H,8H2,1-2H3,(H,15,16)/b14-7-. The fourth-order valence-corrected chi connectivity index (χ4v) is 1.23. The Hall–Kier alpha value is -1.55. The molecule has 4 nitrogen and oxygen atoms in total. The molecule has 0 fully saturated rings. The van der Waals surface area contributed by atoms with E-state index in [-0.39, 0.29) is 18.6 Å². The van der Waals surface area contributed by atoms with E-state index in [2.05, 4.69) is 10.5 Å². The summed E-state index contributed by atoms with van der Waals surface area (Å²) < 4.78 is 0. The predicted octanol–water partition coefficient (Wildman–Crippen LogP) is 2.22. The molecule has 0 atom stereocenters. The lowest BCUT2D eigenvalue weighted by Crippen LogP contribution is -2.32. The molecule has 0 unspecified atom stereocenters. The third kappa shape index (κ3) is 5.92. The van der Waals surface area contributed by atoms with Gasteiger partial charge < -0.3 is 10.2 Å². The van der Waals surface area contributed by atoms with Gasteiger partial charge in [0.2, 0.25) is 0 Å². The van der Waals surface area contributed by atoms with Crippen molar-refractivity contribution in [3.8, 4) is 0 Å². The molecule has 0 aliphatic carbocycles. The molecule has 5 heteroatoms. The Bertz CT molecular complexity index is 388. The Balaban J connectivity index is 2.31. The van der Waals surface area contributed by atoms with Gasteiger partial charge in [-0.15, -0.1) is 0 Å². The Morgan fingerprint density at radius 3 is 2.71 bits per heavy atom. The van der Waals surface area contributed by atoms with Crippen LogP contribution in [0.1, 0.15) is 19.4 Å². The maximum absolute atomic E-state index is 11.2. The van der Waals surface area contributed by atoms with Crippen LogP contribution in [0.25, 0.3) is 0 Å². The zero-order valence-electron chi connectivity index (χ0n) is 9.81. The minimum Gasteiger partial charge on any atom is -0.386 e. The fourth-order valence-electron chi connectivity index (χ4n) is 1.11. The van der Waals surface area contributed by atoms with Crippen LogP contribution in [0, 0.1) is 0 Å². The van der Waals surface area contributed by atoms with Gasteiger partial charge in [0.1, 0.15) is 0 Å². The molecule has 1 aromatic carbocycles. The summed E-state index contributed by atoms with van der Waals surface area (Å²) in [4.78, 5) is 16.0. The summed E-state index contributed by atoms with van der Waals surface area (Å²) in [6.07, 6.45) is 1.53. The number of carbonyl (C=O) groups is 1. The molecule has 0 saturated carbocycles. The number of halogens is 1. The zero-order chi connectivity index (χ0) is 12.7. The van der Waals surface area contributed by atoms with Gasteiger partial charge in [-0.25, -0.2) is 0 Å². The van der Waals surface area contributed by atoms with Gasteiger partial charge in [0, 0.05) is 11.1 Å². The molecule has 17 heavy (non-hydrogen) atoms. The summed E-state index contributed by atoms with van der Waals surface area (Å²) in [5.74, 6) is -0.187. The molecule has 1 amide bonds. The maximum Gasteiger partial charge on any atom is 0.260 e. The molecule has 0 radical (unpaired) electrons. The molecule has 0 aliphatic heterocycles. The summed E-state index contributed by atoms with van der Waals surface area (Å²) in [5, 5.41) is 7.05. The average Bonchev–Trinajstić information content (AvgIpc) is 2.26. The summed E-state index contributed by atoms with van der Waals surface area (Å²) >= 11 is 5.73. The van der Waals surface area contributed by atoms with E-state index in [1.54, 1.807) is 12.1 Å². The number of hydrogen-bond donors (Lipinski definition) is 1. The van der Waals surface area contributed by atoms with Crippen molar-refractivity contribution in [2.75, 3.05) is 6.61 Å². The number of oxime groups is 1. The van der Waals surface area contributed by atoms with Gasteiger partial charge >= 0.3 is 0 Å². The van der Waals surface area contributed by atoms with E-state index in [1.165, 1.54) is 6.21 Å². The molecule has 0 aromatic heterocycles. The highest BCUT2D eigenvalue weighted by atomic mass is 35.5. The molecule has 0 bridgehead atoms. The number of hydrogen-bond acceptors (Lipinski definition) is 3. The normalized spacial score (nSPS) is 10.8. The monoisotopic (exact) mass is 254 g/mol. The van der Waals surface area contributed by atoms with Gasteiger partial charge in [0.05, 0.1) is 6.21 Å². The van der Waals surface area contributed by atoms with Crippen molar-refractivity contribution >= 4 is 23.7 Å². The van der Waals surface area contributed by atoms with Gasteiger partial charge in [0.25, 0.3) is 5.91 Å². The van der Waals surface area contributed by atoms with E-state index >= 15 is 0 Å². The summed E-state index contributed by atoms with van der Waals surface area (Å²) in [6.45, 7) is 3.69. The first-order valence-corrected chi connectivity index (χ1v) is 5.66. The highest BCUT2D eigenvalue weighted by Gasteiger charge is 2.02. The molecule has 0 spiro atoms. The van der Waals surface area contributed by atoms with Crippen LogP contribution >= 0.6 is 11.6 Å². The molecule has 0 aliphatic rings. The highest BCUT2D eigenvalue weighted by Crippen LogP contribution is 2.07. The Kier molecular flexibility index (Phi) is 5.49. The van der Waals surface area contributed by atoms with Crippen LogP contribution in [0.15, 0.2) is 29.4 Å². The summed E-state index contributed by atoms with van der Waals surface area (Å²) in [5.41, 5.74) is 0.860. The Labute approximate surface area is 106 Å². The lowest BCUT2D eigenvalue weighted by atomic mass is 10.2. The number of amides is 1. The second kappa shape index (κ2) is 6.91. The second-order valence-electron chi connectivity index (χ2n) is 3.78. The number of nitrogens with one attached hydrogen (secondary N) is 1. The van der Waals surface area contributed by atoms with E-state index in [0.717, 1.165) is 5.56 Å². The smallest absolute Gasteiger partial charge is 0.260 e. The Morgan fingerprint density at radius 2 is 2.12 bits per heavy atom. The van der Waals surface area contributed by atoms with Gasteiger partial charge in [-0.2, -0.15) is 0 Å². The predicted molar refractivity (Wildman–Crippen MR) is 68.3 cm³/mol. The van der Waals surface area contributed by atoms with Crippen LogP contribution in [-0.4, -0.2) is 24.8 Å². The number of nitrogens with zero attached hydrogens (tertiary/aromatic N) is 1. The number of rotatable bonds is 5. The highest BCUT2D eigenvalue weighted by molar-refractivity contribution is 6.30. The lowest BCUT2D eigenvalue weighted by molar-refractivity contribution is -0.126. The molecule has 1 N–H and O–H groups in total.